The smallest absolute Gasteiger partial charge is 0.234 e. The molecule has 2 saturated carbocycles. The van der Waals surface area contributed by atoms with Crippen LogP contribution in [0.15, 0.2) is 78.4 Å². The Balaban J connectivity index is 1.45. The molecule has 2 amide bonds. The highest BCUT2D eigenvalue weighted by molar-refractivity contribution is 6.08. The van der Waals surface area contributed by atoms with Gasteiger partial charge < -0.3 is 0 Å². The number of benzene rings is 2. The molecule has 1 saturated heterocycles. The van der Waals surface area contributed by atoms with Gasteiger partial charge in [0.2, 0.25) is 11.8 Å². The number of imide groups is 1. The first-order valence-electron chi connectivity index (χ1n) is 11.7. The lowest BCUT2D eigenvalue weighted by atomic mass is 9.85. The number of carbonyl (C=O) groups is 2. The molecular weight excluding hydrogens is 382 g/mol. The Morgan fingerprint density at radius 1 is 0.677 bits per heavy atom. The summed E-state index contributed by atoms with van der Waals surface area (Å²) in [4.78, 5) is 28.8. The van der Waals surface area contributed by atoms with E-state index in [0.29, 0.717) is 0 Å². The minimum Gasteiger partial charge on any atom is -0.279 e. The molecule has 3 aliphatic carbocycles. The number of nitrogens with zero attached hydrogens (tertiary/aromatic N) is 1. The predicted molar refractivity (Wildman–Crippen MR) is 121 cm³/mol. The molecule has 0 radical (unpaired) electrons. The summed E-state index contributed by atoms with van der Waals surface area (Å²) >= 11 is 0. The van der Waals surface area contributed by atoms with E-state index < -0.39 is 0 Å². The van der Waals surface area contributed by atoms with Crippen LogP contribution in [-0.4, -0.2) is 22.8 Å². The van der Waals surface area contributed by atoms with E-state index in [0.717, 1.165) is 36.8 Å². The maximum absolute atomic E-state index is 13.6. The summed E-state index contributed by atoms with van der Waals surface area (Å²) in [6, 6.07) is 21.0. The first-order chi connectivity index (χ1) is 15.3. The Labute approximate surface area is 183 Å². The number of allylic oxidation sites excluding steroid dienone is 3. The fourth-order valence-electron chi connectivity index (χ4n) is 6.53. The molecule has 3 nitrogen and oxygen atoms in total. The second kappa shape index (κ2) is 7.33. The van der Waals surface area contributed by atoms with E-state index >= 15 is 0 Å². The molecule has 0 unspecified atom stereocenters. The molecule has 2 aromatic rings. The van der Waals surface area contributed by atoms with Crippen molar-refractivity contribution in [1.29, 1.82) is 0 Å². The van der Waals surface area contributed by atoms with Crippen LogP contribution in [0.1, 0.15) is 43.2 Å². The van der Waals surface area contributed by atoms with Crippen molar-refractivity contribution in [3.05, 3.63) is 89.5 Å². The summed E-state index contributed by atoms with van der Waals surface area (Å²) in [5.41, 5.74) is 4.77. The molecule has 0 aromatic heterocycles. The van der Waals surface area contributed by atoms with E-state index in [4.69, 9.17) is 0 Å². The SMILES string of the molecule is O=C1[C@@H]2[C@@H](C(=O)N1C1CCCCC1)[C@H]1C=C[C@@H]2C1=C(c1ccccc1)c1ccccc1. The number of likely N-dealkylation sites (tertiary alicyclic amines) is 1. The Morgan fingerprint density at radius 3 is 1.65 bits per heavy atom. The van der Waals surface area contributed by atoms with Gasteiger partial charge in [0.05, 0.1) is 11.8 Å². The van der Waals surface area contributed by atoms with E-state index in [1.165, 1.54) is 17.6 Å². The Morgan fingerprint density at radius 2 is 1.16 bits per heavy atom. The van der Waals surface area contributed by atoms with Gasteiger partial charge in [0.1, 0.15) is 0 Å². The van der Waals surface area contributed by atoms with Gasteiger partial charge in [0, 0.05) is 17.9 Å². The van der Waals surface area contributed by atoms with E-state index in [9.17, 15) is 9.59 Å². The molecule has 1 heterocycles. The molecule has 1 aliphatic heterocycles. The average Bonchev–Trinajstić information content (AvgIpc) is 3.45. The van der Waals surface area contributed by atoms with Crippen LogP contribution in [0.5, 0.6) is 0 Å². The second-order valence-electron chi connectivity index (χ2n) is 9.39. The molecule has 4 atom stereocenters. The maximum Gasteiger partial charge on any atom is 0.234 e. The van der Waals surface area contributed by atoms with Crippen LogP contribution in [0, 0.1) is 23.7 Å². The van der Waals surface area contributed by atoms with Gasteiger partial charge >= 0.3 is 0 Å². The van der Waals surface area contributed by atoms with Crippen LogP contribution in [0.3, 0.4) is 0 Å². The van der Waals surface area contributed by atoms with Crippen molar-refractivity contribution in [2.45, 2.75) is 38.1 Å². The van der Waals surface area contributed by atoms with Gasteiger partial charge in [-0.05, 0) is 35.1 Å². The standard InChI is InChI=1S/C28H27NO2/c30-27-25-21-16-17-22(26(25)28(31)29(27)20-14-8-3-9-15-20)24(21)23(18-10-4-1-5-11-18)19-12-6-2-7-13-19/h1-2,4-7,10-13,16-17,20-22,25-26H,3,8-9,14-15H2/t21-,22+,25-,26-/m0/s1. The van der Waals surface area contributed by atoms with Crippen molar-refractivity contribution < 1.29 is 9.59 Å². The number of hydrogen-bond donors (Lipinski definition) is 0. The van der Waals surface area contributed by atoms with Gasteiger partial charge in [-0.1, -0.05) is 92.1 Å². The second-order valence-corrected chi connectivity index (χ2v) is 9.39. The van der Waals surface area contributed by atoms with Crippen molar-refractivity contribution >= 4 is 17.4 Å². The highest BCUT2D eigenvalue weighted by Gasteiger charge is 2.63. The lowest BCUT2D eigenvalue weighted by Crippen LogP contribution is -2.42. The fraction of sp³-hybridized carbons (Fsp3) is 0.357. The quantitative estimate of drug-likeness (QED) is 0.514. The Kier molecular flexibility index (Phi) is 4.45. The summed E-state index contributed by atoms with van der Waals surface area (Å²) in [5, 5.41) is 0. The predicted octanol–water partition coefficient (Wildman–Crippen LogP) is 5.24. The van der Waals surface area contributed by atoms with E-state index in [2.05, 4.69) is 60.7 Å². The van der Waals surface area contributed by atoms with Crippen molar-refractivity contribution in [1.82, 2.24) is 4.90 Å². The van der Waals surface area contributed by atoms with Gasteiger partial charge in [-0.2, -0.15) is 0 Å². The average molecular weight is 410 g/mol. The summed E-state index contributed by atoms with van der Waals surface area (Å²) in [6.07, 6.45) is 9.81. The normalized spacial score (nSPS) is 29.7. The highest BCUT2D eigenvalue weighted by Crippen LogP contribution is 2.59. The molecule has 3 fully saturated rings. The van der Waals surface area contributed by atoms with Crippen LogP contribution in [-0.2, 0) is 9.59 Å². The van der Waals surface area contributed by atoms with Gasteiger partial charge in [0.15, 0.2) is 0 Å². The van der Waals surface area contributed by atoms with E-state index in [-0.39, 0.29) is 41.5 Å². The number of amides is 2. The van der Waals surface area contributed by atoms with Gasteiger partial charge in [-0.3, -0.25) is 14.5 Å². The highest BCUT2D eigenvalue weighted by atomic mass is 16.2. The third kappa shape index (κ3) is 2.79. The molecule has 31 heavy (non-hydrogen) atoms. The lowest BCUT2D eigenvalue weighted by molar-refractivity contribution is -0.143. The third-order valence-corrected chi connectivity index (χ3v) is 7.80. The molecule has 0 spiro atoms. The van der Waals surface area contributed by atoms with Crippen LogP contribution in [0.4, 0.5) is 0 Å². The first-order valence-corrected chi connectivity index (χ1v) is 11.7. The summed E-state index contributed by atoms with van der Waals surface area (Å²) in [5.74, 6) is -0.233. The van der Waals surface area contributed by atoms with Crippen molar-refractivity contribution in [2.75, 3.05) is 0 Å². The molecule has 2 bridgehead atoms. The Hall–Kier alpha value is -2.94. The summed E-state index contributed by atoms with van der Waals surface area (Å²) < 4.78 is 0. The molecule has 2 aromatic carbocycles. The first kappa shape index (κ1) is 18.8. The van der Waals surface area contributed by atoms with Crippen molar-refractivity contribution in [3.63, 3.8) is 0 Å². The molecule has 6 rings (SSSR count). The van der Waals surface area contributed by atoms with Crippen molar-refractivity contribution in [3.8, 4) is 0 Å². The zero-order valence-corrected chi connectivity index (χ0v) is 17.6. The number of carbonyl (C=O) groups excluding carboxylic acids is 2. The topological polar surface area (TPSA) is 37.4 Å². The fourth-order valence-corrected chi connectivity index (χ4v) is 6.53. The van der Waals surface area contributed by atoms with Gasteiger partial charge in [0.25, 0.3) is 0 Å². The van der Waals surface area contributed by atoms with Crippen LogP contribution in [0.25, 0.3) is 5.57 Å². The zero-order valence-electron chi connectivity index (χ0n) is 17.6. The lowest BCUT2D eigenvalue weighted by Gasteiger charge is -2.31. The van der Waals surface area contributed by atoms with E-state index in [1.54, 1.807) is 4.90 Å². The largest absolute Gasteiger partial charge is 0.279 e. The zero-order chi connectivity index (χ0) is 20.9. The van der Waals surface area contributed by atoms with Crippen LogP contribution < -0.4 is 0 Å². The number of rotatable bonds is 3. The summed E-state index contributed by atoms with van der Waals surface area (Å²) in [7, 11) is 0. The number of fused-ring (bicyclic) bond motifs is 5. The van der Waals surface area contributed by atoms with Crippen molar-refractivity contribution in [2.24, 2.45) is 23.7 Å². The molecule has 0 N–H and O–H groups in total. The van der Waals surface area contributed by atoms with Gasteiger partial charge in [-0.25, -0.2) is 0 Å². The molecular formula is C28H27NO2. The minimum atomic E-state index is -0.221. The van der Waals surface area contributed by atoms with Gasteiger partial charge in [-0.15, -0.1) is 0 Å². The van der Waals surface area contributed by atoms with Crippen LogP contribution in [0.2, 0.25) is 0 Å². The molecule has 156 valence electrons. The molecule has 3 heteroatoms. The van der Waals surface area contributed by atoms with E-state index in [1.807, 2.05) is 12.1 Å². The third-order valence-electron chi connectivity index (χ3n) is 7.80. The Bertz CT molecular complexity index is 1000. The molecule has 4 aliphatic rings. The monoisotopic (exact) mass is 409 g/mol. The maximum atomic E-state index is 13.6. The summed E-state index contributed by atoms with van der Waals surface area (Å²) in [6.45, 7) is 0. The minimum absolute atomic E-state index is 0.0236. The number of hydrogen-bond acceptors (Lipinski definition) is 2. The van der Waals surface area contributed by atoms with Crippen LogP contribution >= 0.6 is 0 Å².